The van der Waals surface area contributed by atoms with Crippen LogP contribution in [-0.2, 0) is 0 Å². The summed E-state index contributed by atoms with van der Waals surface area (Å²) >= 11 is 0. The highest BCUT2D eigenvalue weighted by Gasteiger charge is 2.56. The predicted octanol–water partition coefficient (Wildman–Crippen LogP) is 2.44. The van der Waals surface area contributed by atoms with Gasteiger partial charge in [0.1, 0.15) is 0 Å². The minimum absolute atomic E-state index is 0.821. The second-order valence-corrected chi connectivity index (χ2v) is 5.48. The molecule has 0 aromatic carbocycles. The third kappa shape index (κ3) is 1.11. The zero-order chi connectivity index (χ0) is 9.87. The topological polar surface area (TPSA) is 12.0 Å². The van der Waals surface area contributed by atoms with E-state index >= 15 is 0 Å². The lowest BCUT2D eigenvalue weighted by molar-refractivity contribution is 0.533. The molecule has 3 aliphatic rings. The van der Waals surface area contributed by atoms with E-state index in [4.69, 9.17) is 0 Å². The number of rotatable bonds is 3. The Labute approximate surface area is 87.0 Å². The van der Waals surface area contributed by atoms with Crippen molar-refractivity contribution in [3.63, 3.8) is 0 Å². The van der Waals surface area contributed by atoms with E-state index in [1.165, 1.54) is 6.42 Å². The number of allylic oxidation sites excluding steroid dienone is 1. The van der Waals surface area contributed by atoms with E-state index in [0.29, 0.717) is 0 Å². The van der Waals surface area contributed by atoms with Crippen molar-refractivity contribution in [1.29, 1.82) is 0 Å². The number of hydrogen-bond donors (Lipinski definition) is 1. The van der Waals surface area contributed by atoms with Crippen LogP contribution in [0.5, 0.6) is 0 Å². The molecule has 0 aromatic heterocycles. The Morgan fingerprint density at radius 1 is 1.43 bits per heavy atom. The van der Waals surface area contributed by atoms with Crippen molar-refractivity contribution in [2.45, 2.75) is 33.2 Å². The van der Waals surface area contributed by atoms with E-state index < -0.39 is 0 Å². The van der Waals surface area contributed by atoms with Gasteiger partial charge in [-0.25, -0.2) is 0 Å². The molecule has 2 fully saturated rings. The Morgan fingerprint density at radius 2 is 2.21 bits per heavy atom. The maximum Gasteiger partial charge on any atom is 0.0139 e. The highest BCUT2D eigenvalue weighted by Crippen LogP contribution is 2.62. The Balaban J connectivity index is 1.66. The Morgan fingerprint density at radius 3 is 2.79 bits per heavy atom. The van der Waals surface area contributed by atoms with Crippen LogP contribution in [0.25, 0.3) is 0 Å². The molecule has 14 heavy (non-hydrogen) atoms. The zero-order valence-corrected chi connectivity index (χ0v) is 9.46. The van der Waals surface area contributed by atoms with E-state index in [9.17, 15) is 0 Å². The van der Waals surface area contributed by atoms with Gasteiger partial charge in [-0.15, -0.1) is 0 Å². The van der Waals surface area contributed by atoms with Crippen LogP contribution in [0, 0.1) is 29.6 Å². The molecule has 0 saturated heterocycles. The van der Waals surface area contributed by atoms with Crippen LogP contribution >= 0.6 is 0 Å². The van der Waals surface area contributed by atoms with Crippen LogP contribution in [0.2, 0.25) is 0 Å². The summed E-state index contributed by atoms with van der Waals surface area (Å²) in [5.41, 5.74) is 1.80. The standard InChI is InChI=1S/C13H21N/c1-4-14-12-6-11(12)9-5-10-8(3)13(10)7(9)2/h5,7-8,10-14H,4,6H2,1-3H3/t7-,8?,10?,11-,12?,13?/m0/s1. The van der Waals surface area contributed by atoms with Crippen molar-refractivity contribution >= 4 is 0 Å². The first-order valence-electron chi connectivity index (χ1n) is 6.19. The fraction of sp³-hybridized carbons (Fsp3) is 0.846. The fourth-order valence-corrected chi connectivity index (χ4v) is 3.69. The molecule has 4 unspecified atom stereocenters. The molecular weight excluding hydrogens is 170 g/mol. The number of hydrogen-bond acceptors (Lipinski definition) is 1. The lowest BCUT2D eigenvalue weighted by atomic mass is 9.94. The first-order valence-corrected chi connectivity index (χ1v) is 6.19. The van der Waals surface area contributed by atoms with Gasteiger partial charge in [-0.05, 0) is 42.6 Å². The van der Waals surface area contributed by atoms with Gasteiger partial charge in [0.2, 0.25) is 0 Å². The molecule has 0 bridgehead atoms. The molecule has 3 rings (SSSR count). The predicted molar refractivity (Wildman–Crippen MR) is 59.0 cm³/mol. The average molecular weight is 191 g/mol. The molecule has 2 saturated carbocycles. The number of nitrogens with one attached hydrogen (secondary N) is 1. The number of fused-ring (bicyclic) bond motifs is 1. The van der Waals surface area contributed by atoms with Crippen molar-refractivity contribution in [2.75, 3.05) is 6.54 Å². The quantitative estimate of drug-likeness (QED) is 0.676. The monoisotopic (exact) mass is 191 g/mol. The SMILES string of the molecule is CCNC1C[C@H]1C1=CC2C(C)C2[C@H]1C. The van der Waals surface area contributed by atoms with E-state index in [-0.39, 0.29) is 0 Å². The van der Waals surface area contributed by atoms with E-state index in [0.717, 1.165) is 42.2 Å². The highest BCUT2D eigenvalue weighted by atomic mass is 15.0. The lowest BCUT2D eigenvalue weighted by Gasteiger charge is -2.13. The average Bonchev–Trinajstić information content (AvgIpc) is 2.98. The van der Waals surface area contributed by atoms with Gasteiger partial charge in [-0.2, -0.15) is 0 Å². The summed E-state index contributed by atoms with van der Waals surface area (Å²) in [4.78, 5) is 0. The molecule has 78 valence electrons. The summed E-state index contributed by atoms with van der Waals surface area (Å²) in [7, 11) is 0. The minimum Gasteiger partial charge on any atom is -0.314 e. The molecule has 0 radical (unpaired) electrons. The van der Waals surface area contributed by atoms with Crippen molar-refractivity contribution < 1.29 is 0 Å². The fourth-order valence-electron chi connectivity index (χ4n) is 3.69. The molecule has 0 aliphatic heterocycles. The second kappa shape index (κ2) is 2.85. The van der Waals surface area contributed by atoms with Crippen LogP contribution in [0.1, 0.15) is 27.2 Å². The van der Waals surface area contributed by atoms with Crippen LogP contribution in [0.3, 0.4) is 0 Å². The highest BCUT2D eigenvalue weighted by molar-refractivity contribution is 5.33. The molecule has 0 heterocycles. The van der Waals surface area contributed by atoms with Crippen LogP contribution < -0.4 is 5.32 Å². The molecule has 0 amide bonds. The Bertz CT molecular complexity index is 281. The minimum atomic E-state index is 0.821. The normalized spacial score (nSPS) is 54.1. The molecule has 0 aromatic rings. The van der Waals surface area contributed by atoms with Crippen LogP contribution in [-0.4, -0.2) is 12.6 Å². The van der Waals surface area contributed by atoms with Gasteiger partial charge in [0.25, 0.3) is 0 Å². The van der Waals surface area contributed by atoms with Gasteiger partial charge in [0.05, 0.1) is 0 Å². The Kier molecular flexibility index (Phi) is 1.82. The van der Waals surface area contributed by atoms with Gasteiger partial charge < -0.3 is 5.32 Å². The molecule has 0 spiro atoms. The Hall–Kier alpha value is -0.300. The maximum absolute atomic E-state index is 3.57. The van der Waals surface area contributed by atoms with Crippen molar-refractivity contribution in [1.82, 2.24) is 5.32 Å². The van der Waals surface area contributed by atoms with Crippen LogP contribution in [0.4, 0.5) is 0 Å². The third-order valence-electron chi connectivity index (χ3n) is 4.69. The van der Waals surface area contributed by atoms with Gasteiger partial charge >= 0.3 is 0 Å². The molecular formula is C13H21N. The second-order valence-electron chi connectivity index (χ2n) is 5.48. The molecule has 3 aliphatic carbocycles. The van der Waals surface area contributed by atoms with Gasteiger partial charge in [0, 0.05) is 6.04 Å². The van der Waals surface area contributed by atoms with Gasteiger partial charge in [0.15, 0.2) is 0 Å². The summed E-state index contributed by atoms with van der Waals surface area (Å²) < 4.78 is 0. The first kappa shape index (κ1) is 8.96. The van der Waals surface area contributed by atoms with Gasteiger partial charge in [-0.1, -0.05) is 32.4 Å². The van der Waals surface area contributed by atoms with E-state index in [2.05, 4.69) is 32.2 Å². The van der Waals surface area contributed by atoms with Gasteiger partial charge in [-0.3, -0.25) is 0 Å². The summed E-state index contributed by atoms with van der Waals surface area (Å²) in [6.45, 7) is 8.20. The third-order valence-corrected chi connectivity index (χ3v) is 4.69. The summed E-state index contributed by atoms with van der Waals surface area (Å²) in [5.74, 6) is 4.77. The summed E-state index contributed by atoms with van der Waals surface area (Å²) in [5, 5.41) is 3.57. The maximum atomic E-state index is 3.57. The van der Waals surface area contributed by atoms with E-state index in [1.807, 2.05) is 0 Å². The first-order chi connectivity index (χ1) is 6.74. The molecule has 1 heteroatoms. The van der Waals surface area contributed by atoms with E-state index in [1.54, 1.807) is 5.57 Å². The smallest absolute Gasteiger partial charge is 0.0139 e. The summed E-state index contributed by atoms with van der Waals surface area (Å²) in [6, 6.07) is 0.821. The zero-order valence-electron chi connectivity index (χ0n) is 9.46. The molecule has 1 nitrogen and oxygen atoms in total. The molecule has 1 N–H and O–H groups in total. The van der Waals surface area contributed by atoms with Crippen molar-refractivity contribution in [2.24, 2.45) is 29.6 Å². The lowest BCUT2D eigenvalue weighted by Crippen LogP contribution is -2.18. The molecule has 6 atom stereocenters. The van der Waals surface area contributed by atoms with Crippen molar-refractivity contribution in [3.8, 4) is 0 Å². The summed E-state index contributed by atoms with van der Waals surface area (Å²) in [6.07, 6.45) is 4.01. The van der Waals surface area contributed by atoms with Crippen molar-refractivity contribution in [3.05, 3.63) is 11.6 Å². The largest absolute Gasteiger partial charge is 0.314 e. The van der Waals surface area contributed by atoms with Crippen LogP contribution in [0.15, 0.2) is 11.6 Å².